The summed E-state index contributed by atoms with van der Waals surface area (Å²) in [5.41, 5.74) is 0. The molecule has 1 radical (unpaired) electrons. The summed E-state index contributed by atoms with van der Waals surface area (Å²) in [5, 5.41) is 0. The summed E-state index contributed by atoms with van der Waals surface area (Å²) in [7, 11) is 0. The van der Waals surface area contributed by atoms with Gasteiger partial charge in [0.1, 0.15) is 0 Å². The van der Waals surface area contributed by atoms with Crippen LogP contribution in [-0.4, -0.2) is 4.33 Å². The van der Waals surface area contributed by atoms with Crippen LogP contribution in [0.2, 0.25) is 0 Å². The van der Waals surface area contributed by atoms with Gasteiger partial charge in [-0.05, 0) is 25.0 Å². The van der Waals surface area contributed by atoms with Crippen LogP contribution >= 0.6 is 23.2 Å². The van der Waals surface area contributed by atoms with Crippen LogP contribution in [0.5, 0.6) is 0 Å². The number of halogens is 2. The van der Waals surface area contributed by atoms with Crippen LogP contribution in [-0.2, 0) is 0 Å². The van der Waals surface area contributed by atoms with Crippen molar-refractivity contribution in [1.82, 2.24) is 0 Å². The molecule has 0 amide bonds. The normalized spacial score (nSPS) is 24.8. The topological polar surface area (TPSA) is 0 Å². The first-order chi connectivity index (χ1) is 4.10. The highest BCUT2D eigenvalue weighted by Gasteiger charge is 2.18. The van der Waals surface area contributed by atoms with E-state index in [1.54, 1.807) is 12.2 Å². The van der Waals surface area contributed by atoms with Crippen molar-refractivity contribution in [2.24, 2.45) is 5.92 Å². The lowest BCUT2D eigenvalue weighted by Crippen LogP contribution is -2.08. The van der Waals surface area contributed by atoms with E-state index < -0.39 is 4.33 Å². The predicted octanol–water partition coefficient (Wildman–Crippen LogP) is 2.74. The first-order valence-corrected chi connectivity index (χ1v) is 3.45. The fourth-order valence-corrected chi connectivity index (χ4v) is 0.914. The zero-order chi connectivity index (χ0) is 6.91. The first kappa shape index (κ1) is 7.17. The molecule has 2 heteroatoms. The van der Waals surface area contributed by atoms with E-state index in [0.29, 0.717) is 0 Å². The van der Waals surface area contributed by atoms with Crippen LogP contribution in [0.1, 0.15) is 0 Å². The Balaban J connectivity index is 2.70. The van der Waals surface area contributed by atoms with Crippen LogP contribution < -0.4 is 0 Å². The molecule has 0 aromatic rings. The van der Waals surface area contributed by atoms with Gasteiger partial charge in [-0.25, -0.2) is 0 Å². The third-order valence-corrected chi connectivity index (χ3v) is 1.64. The summed E-state index contributed by atoms with van der Waals surface area (Å²) in [6, 6.07) is 0. The van der Waals surface area contributed by atoms with Gasteiger partial charge in [0.05, 0.1) is 0 Å². The largest absolute Gasteiger partial charge is 0.154 e. The molecule has 0 saturated heterocycles. The van der Waals surface area contributed by atoms with Crippen LogP contribution in [0.4, 0.5) is 0 Å². The van der Waals surface area contributed by atoms with Gasteiger partial charge in [-0.3, -0.25) is 0 Å². The van der Waals surface area contributed by atoms with Gasteiger partial charge in [-0.15, -0.1) is 0 Å². The summed E-state index contributed by atoms with van der Waals surface area (Å²) < 4.78 is -0.797. The monoisotopic (exact) mass is 161 g/mol. The molecule has 0 saturated carbocycles. The van der Waals surface area contributed by atoms with E-state index in [1.165, 1.54) is 0 Å². The summed E-state index contributed by atoms with van der Waals surface area (Å²) >= 11 is 11.4. The molecule has 49 valence electrons. The predicted molar refractivity (Wildman–Crippen MR) is 41.6 cm³/mol. The van der Waals surface area contributed by atoms with E-state index in [2.05, 4.69) is 6.92 Å². The lowest BCUT2D eigenvalue weighted by Gasteiger charge is -2.14. The molecule has 0 heterocycles. The van der Waals surface area contributed by atoms with Gasteiger partial charge in [0, 0.05) is 0 Å². The van der Waals surface area contributed by atoms with Gasteiger partial charge in [0.15, 0.2) is 4.33 Å². The lowest BCUT2D eigenvalue weighted by atomic mass is 10.1. The van der Waals surface area contributed by atoms with Crippen LogP contribution in [0, 0.1) is 12.8 Å². The molecule has 0 N–H and O–H groups in total. The SMILES string of the molecule is [CH2]C1C=CC(Cl)(Cl)C=C1. The average Bonchev–Trinajstić information content (AvgIpc) is 1.78. The molecule has 0 atom stereocenters. The molecule has 1 rings (SSSR count). The van der Waals surface area contributed by atoms with E-state index in [-0.39, 0.29) is 5.92 Å². The van der Waals surface area contributed by atoms with Gasteiger partial charge in [-0.1, -0.05) is 35.4 Å². The Morgan fingerprint density at radius 1 is 1.22 bits per heavy atom. The van der Waals surface area contributed by atoms with Crippen LogP contribution in [0.3, 0.4) is 0 Å². The molecule has 9 heavy (non-hydrogen) atoms. The Morgan fingerprint density at radius 2 is 1.67 bits per heavy atom. The number of allylic oxidation sites excluding steroid dienone is 4. The van der Waals surface area contributed by atoms with Crippen LogP contribution in [0.15, 0.2) is 24.3 Å². The van der Waals surface area contributed by atoms with E-state index in [1.807, 2.05) is 12.2 Å². The molecule has 0 bridgehead atoms. The van der Waals surface area contributed by atoms with Crippen molar-refractivity contribution in [3.63, 3.8) is 0 Å². The molecule has 1 aliphatic carbocycles. The van der Waals surface area contributed by atoms with Crippen molar-refractivity contribution in [3.8, 4) is 0 Å². The second-order valence-electron chi connectivity index (χ2n) is 2.06. The molecule has 0 unspecified atom stereocenters. The van der Waals surface area contributed by atoms with Crippen molar-refractivity contribution in [1.29, 1.82) is 0 Å². The highest BCUT2D eigenvalue weighted by molar-refractivity contribution is 6.51. The maximum absolute atomic E-state index is 5.70. The van der Waals surface area contributed by atoms with Crippen molar-refractivity contribution in [2.75, 3.05) is 0 Å². The smallest absolute Gasteiger partial charge is 0.0923 e. The highest BCUT2D eigenvalue weighted by atomic mass is 35.5. The quantitative estimate of drug-likeness (QED) is 0.379. The Morgan fingerprint density at radius 3 is 2.00 bits per heavy atom. The van der Waals surface area contributed by atoms with Gasteiger partial charge >= 0.3 is 0 Å². The van der Waals surface area contributed by atoms with E-state index in [9.17, 15) is 0 Å². The number of hydrogen-bond acceptors (Lipinski definition) is 0. The van der Waals surface area contributed by atoms with E-state index in [4.69, 9.17) is 23.2 Å². The van der Waals surface area contributed by atoms with Crippen molar-refractivity contribution < 1.29 is 0 Å². The molecule has 0 aromatic carbocycles. The zero-order valence-electron chi connectivity index (χ0n) is 4.85. The molecule has 0 aliphatic heterocycles. The minimum atomic E-state index is -0.797. The standard InChI is InChI=1S/C7H7Cl2/c1-6-2-4-7(8,9)5-3-6/h2-6H,1H2. The maximum atomic E-state index is 5.70. The Bertz CT molecular complexity index is 140. The minimum absolute atomic E-state index is 0.218. The Labute approximate surface area is 65.2 Å². The molecule has 0 nitrogen and oxygen atoms in total. The van der Waals surface area contributed by atoms with Gasteiger partial charge in [0.25, 0.3) is 0 Å². The number of hydrogen-bond donors (Lipinski definition) is 0. The Hall–Kier alpha value is 0.0600. The average molecular weight is 162 g/mol. The molecule has 0 aromatic heterocycles. The fourth-order valence-electron chi connectivity index (χ4n) is 0.623. The highest BCUT2D eigenvalue weighted by Crippen LogP contribution is 2.28. The summed E-state index contributed by atoms with van der Waals surface area (Å²) in [5.74, 6) is 0.218. The Kier molecular flexibility index (Phi) is 1.88. The van der Waals surface area contributed by atoms with Gasteiger partial charge in [0.2, 0.25) is 0 Å². The summed E-state index contributed by atoms with van der Waals surface area (Å²) in [6.07, 6.45) is 7.21. The summed E-state index contributed by atoms with van der Waals surface area (Å²) in [4.78, 5) is 0. The van der Waals surface area contributed by atoms with Crippen LogP contribution in [0.25, 0.3) is 0 Å². The second-order valence-corrected chi connectivity index (χ2v) is 3.50. The minimum Gasteiger partial charge on any atom is -0.0923 e. The maximum Gasteiger partial charge on any atom is 0.154 e. The molecule has 1 aliphatic rings. The first-order valence-electron chi connectivity index (χ1n) is 2.70. The molecule has 0 spiro atoms. The second kappa shape index (κ2) is 2.36. The zero-order valence-corrected chi connectivity index (χ0v) is 6.36. The summed E-state index contributed by atoms with van der Waals surface area (Å²) in [6.45, 7) is 3.77. The molecular weight excluding hydrogens is 155 g/mol. The van der Waals surface area contributed by atoms with Gasteiger partial charge < -0.3 is 0 Å². The third-order valence-electron chi connectivity index (χ3n) is 1.13. The van der Waals surface area contributed by atoms with Crippen molar-refractivity contribution in [3.05, 3.63) is 31.2 Å². The van der Waals surface area contributed by atoms with E-state index in [0.717, 1.165) is 0 Å². The van der Waals surface area contributed by atoms with Gasteiger partial charge in [-0.2, -0.15) is 0 Å². The molecule has 0 fully saturated rings. The number of rotatable bonds is 0. The van der Waals surface area contributed by atoms with Crippen molar-refractivity contribution in [2.45, 2.75) is 4.33 Å². The van der Waals surface area contributed by atoms with Crippen molar-refractivity contribution >= 4 is 23.2 Å². The third kappa shape index (κ3) is 2.04. The molecular formula is C7H7Cl2. The number of alkyl halides is 2. The van der Waals surface area contributed by atoms with E-state index >= 15 is 0 Å². The lowest BCUT2D eigenvalue weighted by molar-refractivity contribution is 0.998. The fraction of sp³-hybridized carbons (Fsp3) is 0.286.